The lowest BCUT2D eigenvalue weighted by atomic mass is 9.89. The number of aryl methyl sites for hydroxylation is 1. The van der Waals surface area contributed by atoms with Gasteiger partial charge in [0.15, 0.2) is 0 Å². The molecule has 0 amide bonds. The molecule has 0 fully saturated rings. The number of rotatable bonds is 3. The second-order valence-electron chi connectivity index (χ2n) is 6.43. The third-order valence-corrected chi connectivity index (χ3v) is 6.07. The van der Waals surface area contributed by atoms with Crippen LogP contribution in [0.3, 0.4) is 0 Å². The zero-order valence-electron chi connectivity index (χ0n) is 13.9. The Morgan fingerprint density at radius 3 is 2.79 bits per heavy atom. The highest BCUT2D eigenvalue weighted by Crippen LogP contribution is 2.42. The summed E-state index contributed by atoms with van der Waals surface area (Å²) in [4.78, 5) is 13.9. The lowest BCUT2D eigenvalue weighted by Crippen LogP contribution is -2.18. The van der Waals surface area contributed by atoms with E-state index in [0.717, 1.165) is 41.6 Å². The molecule has 1 atom stereocenters. The average molecular weight is 358 g/mol. The van der Waals surface area contributed by atoms with Crippen molar-refractivity contribution in [2.45, 2.75) is 33.1 Å². The molecule has 3 nitrogen and oxygen atoms in total. The molecular formula is C19H20ClN3S. The minimum absolute atomic E-state index is 0.332. The van der Waals surface area contributed by atoms with E-state index in [2.05, 4.69) is 53.0 Å². The predicted octanol–water partition coefficient (Wildman–Crippen LogP) is 5.63. The van der Waals surface area contributed by atoms with E-state index in [1.54, 1.807) is 11.3 Å². The van der Waals surface area contributed by atoms with E-state index in [1.807, 2.05) is 6.07 Å². The lowest BCUT2D eigenvalue weighted by molar-refractivity contribution is 0.509. The highest BCUT2D eigenvalue weighted by Gasteiger charge is 2.25. The van der Waals surface area contributed by atoms with Gasteiger partial charge >= 0.3 is 0 Å². The molecule has 3 aromatic rings. The number of para-hydroxylation sites is 1. The van der Waals surface area contributed by atoms with E-state index in [-0.39, 0.29) is 0 Å². The van der Waals surface area contributed by atoms with Crippen LogP contribution in [0.4, 0.5) is 11.5 Å². The van der Waals surface area contributed by atoms with Gasteiger partial charge in [-0.1, -0.05) is 25.1 Å². The third-order valence-electron chi connectivity index (χ3n) is 4.75. The van der Waals surface area contributed by atoms with Crippen LogP contribution in [0, 0.1) is 5.92 Å². The Bertz CT molecular complexity index is 875. The molecule has 0 spiro atoms. The highest BCUT2D eigenvalue weighted by molar-refractivity contribution is 7.19. The Morgan fingerprint density at radius 2 is 2.04 bits per heavy atom. The number of hydrogen-bond acceptors (Lipinski definition) is 4. The van der Waals surface area contributed by atoms with Gasteiger partial charge in [-0.3, -0.25) is 0 Å². The van der Waals surface area contributed by atoms with Gasteiger partial charge in [-0.05, 0) is 61.4 Å². The second kappa shape index (κ2) is 6.34. The summed E-state index contributed by atoms with van der Waals surface area (Å²) in [7, 11) is 0. The number of aromatic nitrogens is 2. The van der Waals surface area contributed by atoms with Crippen LogP contribution in [0.1, 0.15) is 30.7 Å². The largest absolute Gasteiger partial charge is 0.326 e. The fourth-order valence-corrected chi connectivity index (χ4v) is 5.15. The monoisotopic (exact) mass is 357 g/mol. The van der Waals surface area contributed by atoms with Crippen LogP contribution in [0.5, 0.6) is 0 Å². The molecule has 1 aromatic carbocycles. The molecular weight excluding hydrogens is 338 g/mol. The van der Waals surface area contributed by atoms with Gasteiger partial charge in [0, 0.05) is 17.1 Å². The average Bonchev–Trinajstić information content (AvgIpc) is 2.93. The summed E-state index contributed by atoms with van der Waals surface area (Å²) < 4.78 is 0. The zero-order valence-corrected chi connectivity index (χ0v) is 15.5. The molecule has 1 aliphatic carbocycles. The number of nitrogens with zero attached hydrogens (tertiary/aromatic N) is 3. The van der Waals surface area contributed by atoms with Crippen LogP contribution in [0.2, 0.25) is 5.28 Å². The standard InChI is InChI=1S/C19H20ClN3S/c1-3-23(13-7-5-4-6-8-13)17-16-14-10-9-12(2)11-15(14)24-18(16)22-19(20)21-17/h4-8,12H,3,9-11H2,1-2H3. The maximum atomic E-state index is 6.26. The van der Waals surface area contributed by atoms with E-state index in [0.29, 0.717) is 5.28 Å². The number of hydrogen-bond donors (Lipinski definition) is 0. The molecule has 0 radical (unpaired) electrons. The van der Waals surface area contributed by atoms with E-state index in [1.165, 1.54) is 22.2 Å². The van der Waals surface area contributed by atoms with Crippen LogP contribution >= 0.6 is 22.9 Å². The van der Waals surface area contributed by atoms with E-state index in [9.17, 15) is 0 Å². The summed E-state index contributed by atoms with van der Waals surface area (Å²) in [5.41, 5.74) is 2.58. The van der Waals surface area contributed by atoms with Gasteiger partial charge in [-0.25, -0.2) is 4.98 Å². The molecule has 124 valence electrons. The normalized spacial score (nSPS) is 17.0. The first-order chi connectivity index (χ1) is 11.7. The zero-order chi connectivity index (χ0) is 16.7. The number of benzene rings is 1. The summed E-state index contributed by atoms with van der Waals surface area (Å²) in [5.74, 6) is 1.69. The molecule has 2 heterocycles. The molecule has 0 N–H and O–H groups in total. The second-order valence-corrected chi connectivity index (χ2v) is 7.85. The van der Waals surface area contributed by atoms with E-state index < -0.39 is 0 Å². The topological polar surface area (TPSA) is 29.0 Å². The van der Waals surface area contributed by atoms with Gasteiger partial charge in [0.2, 0.25) is 5.28 Å². The summed E-state index contributed by atoms with van der Waals surface area (Å²) in [6, 6.07) is 10.4. The molecule has 4 rings (SSSR count). The van der Waals surface area contributed by atoms with Crippen molar-refractivity contribution in [1.82, 2.24) is 9.97 Å². The van der Waals surface area contributed by atoms with Gasteiger partial charge < -0.3 is 4.90 Å². The quantitative estimate of drug-likeness (QED) is 0.569. The highest BCUT2D eigenvalue weighted by atomic mass is 35.5. The van der Waals surface area contributed by atoms with Crippen molar-refractivity contribution in [3.05, 3.63) is 46.1 Å². The summed E-state index contributed by atoms with van der Waals surface area (Å²) in [6.45, 7) is 5.32. The van der Waals surface area contributed by atoms with E-state index in [4.69, 9.17) is 11.6 Å². The molecule has 0 aliphatic heterocycles. The van der Waals surface area contributed by atoms with Gasteiger partial charge in [0.05, 0.1) is 5.39 Å². The van der Waals surface area contributed by atoms with Crippen LogP contribution in [-0.2, 0) is 12.8 Å². The Morgan fingerprint density at radius 1 is 1.25 bits per heavy atom. The smallest absolute Gasteiger partial charge is 0.225 e. The molecule has 2 aromatic heterocycles. The molecule has 5 heteroatoms. The number of fused-ring (bicyclic) bond motifs is 3. The fourth-order valence-electron chi connectivity index (χ4n) is 3.56. The number of thiophene rings is 1. The molecule has 0 saturated heterocycles. The van der Waals surface area contributed by atoms with Gasteiger partial charge in [0.1, 0.15) is 10.6 Å². The number of anilines is 2. The first-order valence-corrected chi connectivity index (χ1v) is 9.67. The molecule has 1 unspecified atom stereocenters. The van der Waals surface area contributed by atoms with Crippen molar-refractivity contribution in [2.75, 3.05) is 11.4 Å². The fraction of sp³-hybridized carbons (Fsp3) is 0.368. The maximum Gasteiger partial charge on any atom is 0.225 e. The van der Waals surface area contributed by atoms with Crippen molar-refractivity contribution >= 4 is 44.7 Å². The summed E-state index contributed by atoms with van der Waals surface area (Å²) in [5, 5.41) is 1.54. The van der Waals surface area contributed by atoms with Crippen molar-refractivity contribution < 1.29 is 0 Å². The Kier molecular flexibility index (Phi) is 4.19. The molecule has 24 heavy (non-hydrogen) atoms. The Balaban J connectivity index is 1.94. The van der Waals surface area contributed by atoms with Crippen LogP contribution in [-0.4, -0.2) is 16.5 Å². The third kappa shape index (κ3) is 2.68. The van der Waals surface area contributed by atoms with Gasteiger partial charge in [0.25, 0.3) is 0 Å². The SMILES string of the molecule is CCN(c1ccccc1)c1nc(Cl)nc2sc3c(c12)CCC(C)C3. The Hall–Kier alpha value is -1.65. The van der Waals surface area contributed by atoms with E-state index >= 15 is 0 Å². The molecule has 0 saturated carbocycles. The predicted molar refractivity (Wildman–Crippen MR) is 103 cm³/mol. The van der Waals surface area contributed by atoms with Crippen molar-refractivity contribution in [2.24, 2.45) is 5.92 Å². The molecule has 0 bridgehead atoms. The lowest BCUT2D eigenvalue weighted by Gasteiger charge is -2.24. The van der Waals surface area contributed by atoms with Crippen LogP contribution in [0.25, 0.3) is 10.2 Å². The van der Waals surface area contributed by atoms with Crippen molar-refractivity contribution in [1.29, 1.82) is 0 Å². The first kappa shape index (κ1) is 15.9. The first-order valence-electron chi connectivity index (χ1n) is 8.47. The molecule has 1 aliphatic rings. The van der Waals surface area contributed by atoms with Gasteiger partial charge in [-0.2, -0.15) is 4.98 Å². The van der Waals surface area contributed by atoms with Crippen LogP contribution < -0.4 is 4.90 Å². The summed E-state index contributed by atoms with van der Waals surface area (Å²) in [6.07, 6.45) is 3.49. The minimum atomic E-state index is 0.332. The summed E-state index contributed by atoms with van der Waals surface area (Å²) >= 11 is 8.06. The van der Waals surface area contributed by atoms with Crippen molar-refractivity contribution in [3.8, 4) is 0 Å². The maximum absolute atomic E-state index is 6.26. The van der Waals surface area contributed by atoms with Gasteiger partial charge in [-0.15, -0.1) is 11.3 Å². The van der Waals surface area contributed by atoms with Crippen LogP contribution in [0.15, 0.2) is 30.3 Å². The number of halogens is 1. The Labute approximate surface area is 151 Å². The minimum Gasteiger partial charge on any atom is -0.326 e. The van der Waals surface area contributed by atoms with Crippen molar-refractivity contribution in [3.63, 3.8) is 0 Å².